The third kappa shape index (κ3) is 2.82. The molecule has 0 saturated carbocycles. The van der Waals surface area contributed by atoms with Gasteiger partial charge in [0.25, 0.3) is 0 Å². The highest BCUT2D eigenvalue weighted by Gasteiger charge is 2.12. The summed E-state index contributed by atoms with van der Waals surface area (Å²) in [6.45, 7) is 0. The van der Waals surface area contributed by atoms with E-state index in [1.54, 1.807) is 0 Å². The number of rotatable bonds is 4. The molecule has 4 aromatic rings. The third-order valence-electron chi connectivity index (χ3n) is 4.02. The van der Waals surface area contributed by atoms with E-state index in [2.05, 4.69) is 82.8 Å². The monoisotopic (exact) mass is 310 g/mol. The first-order valence-corrected chi connectivity index (χ1v) is 8.06. The summed E-state index contributed by atoms with van der Waals surface area (Å²) in [6, 6.07) is 33.3. The molecule has 0 fully saturated rings. The zero-order chi connectivity index (χ0) is 16.2. The van der Waals surface area contributed by atoms with E-state index in [0.717, 1.165) is 22.8 Å². The summed E-state index contributed by atoms with van der Waals surface area (Å²) in [4.78, 5) is 0. The Labute approximate surface area is 142 Å². The highest BCUT2D eigenvalue weighted by Crippen LogP contribution is 2.33. The molecule has 1 N–H and O–H groups in total. The van der Waals surface area contributed by atoms with Crippen LogP contribution in [0.3, 0.4) is 0 Å². The van der Waals surface area contributed by atoms with Crippen LogP contribution in [0.4, 0.5) is 11.4 Å². The van der Waals surface area contributed by atoms with Crippen LogP contribution < -0.4 is 5.32 Å². The summed E-state index contributed by atoms with van der Waals surface area (Å²) in [5.41, 5.74) is 5.67. The van der Waals surface area contributed by atoms with Gasteiger partial charge in [0, 0.05) is 23.1 Å². The molecule has 24 heavy (non-hydrogen) atoms. The number of para-hydroxylation sites is 2. The Bertz CT molecular complexity index is 910. The Kier molecular flexibility index (Phi) is 3.86. The first-order valence-electron chi connectivity index (χ1n) is 8.06. The van der Waals surface area contributed by atoms with Crippen molar-refractivity contribution in [2.45, 2.75) is 0 Å². The summed E-state index contributed by atoms with van der Waals surface area (Å²) in [5.74, 6) is 0. The fourth-order valence-corrected chi connectivity index (χ4v) is 2.90. The molecule has 2 heteroatoms. The maximum absolute atomic E-state index is 3.54. The van der Waals surface area contributed by atoms with E-state index >= 15 is 0 Å². The number of hydrogen-bond acceptors (Lipinski definition) is 1. The van der Waals surface area contributed by atoms with Gasteiger partial charge in [0.1, 0.15) is 0 Å². The molecule has 0 aliphatic carbocycles. The molecule has 0 spiro atoms. The molecule has 0 amide bonds. The van der Waals surface area contributed by atoms with Crippen LogP contribution in [0.5, 0.6) is 0 Å². The zero-order valence-corrected chi connectivity index (χ0v) is 13.3. The van der Waals surface area contributed by atoms with Gasteiger partial charge < -0.3 is 9.88 Å². The van der Waals surface area contributed by atoms with Crippen LogP contribution in [0.2, 0.25) is 0 Å². The molecule has 1 heterocycles. The Morgan fingerprint density at radius 2 is 1.17 bits per heavy atom. The van der Waals surface area contributed by atoms with Crippen molar-refractivity contribution in [2.24, 2.45) is 0 Å². The summed E-state index contributed by atoms with van der Waals surface area (Å²) >= 11 is 0. The predicted molar refractivity (Wildman–Crippen MR) is 101 cm³/mol. The molecule has 0 saturated heterocycles. The maximum atomic E-state index is 3.54. The molecule has 0 unspecified atom stereocenters. The van der Waals surface area contributed by atoms with E-state index in [4.69, 9.17) is 0 Å². The molecule has 0 radical (unpaired) electrons. The standard InChI is InChI=1S/C22H18N2/c1-4-10-18(11-5-1)22-21(23-19-12-6-2-7-13-19)16-17-24(22)20-14-8-3-9-15-20/h1-17,23H. The Balaban J connectivity index is 1.84. The minimum Gasteiger partial charge on any atom is -0.354 e. The van der Waals surface area contributed by atoms with Crippen molar-refractivity contribution in [1.82, 2.24) is 4.57 Å². The van der Waals surface area contributed by atoms with Crippen LogP contribution >= 0.6 is 0 Å². The second-order valence-corrected chi connectivity index (χ2v) is 5.64. The molecule has 0 aliphatic rings. The summed E-state index contributed by atoms with van der Waals surface area (Å²) in [5, 5.41) is 3.54. The van der Waals surface area contributed by atoms with Crippen molar-refractivity contribution in [3.05, 3.63) is 103 Å². The number of nitrogens with one attached hydrogen (secondary N) is 1. The van der Waals surface area contributed by atoms with Gasteiger partial charge in [-0.05, 0) is 30.3 Å². The summed E-state index contributed by atoms with van der Waals surface area (Å²) in [6.07, 6.45) is 2.11. The second kappa shape index (κ2) is 6.47. The maximum Gasteiger partial charge on any atom is 0.0765 e. The van der Waals surface area contributed by atoms with Crippen molar-refractivity contribution < 1.29 is 0 Å². The van der Waals surface area contributed by atoms with Gasteiger partial charge in [0.05, 0.1) is 11.4 Å². The molecule has 1 aromatic heterocycles. The highest BCUT2D eigenvalue weighted by molar-refractivity contribution is 5.80. The molecule has 116 valence electrons. The van der Waals surface area contributed by atoms with Crippen LogP contribution in [-0.2, 0) is 0 Å². The molecule has 0 aliphatic heterocycles. The van der Waals surface area contributed by atoms with Gasteiger partial charge in [0.2, 0.25) is 0 Å². The first-order chi connectivity index (χ1) is 11.9. The number of hydrogen-bond donors (Lipinski definition) is 1. The molecule has 0 atom stereocenters. The molecule has 2 nitrogen and oxygen atoms in total. The van der Waals surface area contributed by atoms with Gasteiger partial charge in [-0.1, -0.05) is 66.7 Å². The average Bonchev–Trinajstić information content (AvgIpc) is 3.07. The molecular formula is C22H18N2. The fraction of sp³-hybridized carbons (Fsp3) is 0. The van der Waals surface area contributed by atoms with Crippen LogP contribution in [0.25, 0.3) is 16.9 Å². The van der Waals surface area contributed by atoms with Crippen molar-refractivity contribution >= 4 is 11.4 Å². The molecule has 3 aromatic carbocycles. The first kappa shape index (κ1) is 14.3. The van der Waals surface area contributed by atoms with E-state index in [1.807, 2.05) is 30.3 Å². The third-order valence-corrected chi connectivity index (χ3v) is 4.02. The highest BCUT2D eigenvalue weighted by atomic mass is 15.0. The van der Waals surface area contributed by atoms with E-state index in [1.165, 1.54) is 5.56 Å². The molecule has 0 bridgehead atoms. The molecule has 4 rings (SSSR count). The van der Waals surface area contributed by atoms with Crippen LogP contribution in [0.15, 0.2) is 103 Å². The van der Waals surface area contributed by atoms with Gasteiger partial charge in [0.15, 0.2) is 0 Å². The lowest BCUT2D eigenvalue weighted by atomic mass is 10.1. The van der Waals surface area contributed by atoms with Gasteiger partial charge >= 0.3 is 0 Å². The van der Waals surface area contributed by atoms with Crippen LogP contribution in [0, 0.1) is 0 Å². The van der Waals surface area contributed by atoms with Crippen molar-refractivity contribution in [2.75, 3.05) is 5.32 Å². The Morgan fingerprint density at radius 3 is 1.83 bits per heavy atom. The minimum atomic E-state index is 1.08. The van der Waals surface area contributed by atoms with Gasteiger partial charge in [-0.3, -0.25) is 0 Å². The van der Waals surface area contributed by atoms with E-state index in [-0.39, 0.29) is 0 Å². The predicted octanol–water partition coefficient (Wildman–Crippen LogP) is 5.89. The number of anilines is 2. The fourth-order valence-electron chi connectivity index (χ4n) is 2.90. The van der Waals surface area contributed by atoms with E-state index < -0.39 is 0 Å². The number of benzene rings is 3. The summed E-state index contributed by atoms with van der Waals surface area (Å²) in [7, 11) is 0. The van der Waals surface area contributed by atoms with Gasteiger partial charge in [-0.15, -0.1) is 0 Å². The minimum absolute atomic E-state index is 1.08. The number of aromatic nitrogens is 1. The van der Waals surface area contributed by atoms with E-state index in [9.17, 15) is 0 Å². The van der Waals surface area contributed by atoms with Gasteiger partial charge in [-0.2, -0.15) is 0 Å². The van der Waals surface area contributed by atoms with Gasteiger partial charge in [-0.25, -0.2) is 0 Å². The lowest BCUT2D eigenvalue weighted by Gasteiger charge is -2.13. The van der Waals surface area contributed by atoms with Crippen molar-refractivity contribution in [1.29, 1.82) is 0 Å². The topological polar surface area (TPSA) is 17.0 Å². The normalized spacial score (nSPS) is 10.5. The van der Waals surface area contributed by atoms with Crippen molar-refractivity contribution in [3.63, 3.8) is 0 Å². The SMILES string of the molecule is c1ccc(Nc2ccn(-c3ccccc3)c2-c2ccccc2)cc1. The lowest BCUT2D eigenvalue weighted by molar-refractivity contribution is 1.09. The zero-order valence-electron chi connectivity index (χ0n) is 13.3. The molecular weight excluding hydrogens is 292 g/mol. The Morgan fingerprint density at radius 1 is 0.583 bits per heavy atom. The second-order valence-electron chi connectivity index (χ2n) is 5.64. The van der Waals surface area contributed by atoms with E-state index in [0.29, 0.717) is 0 Å². The Hall–Kier alpha value is -3.26. The summed E-state index contributed by atoms with van der Waals surface area (Å²) < 4.78 is 2.22. The largest absolute Gasteiger partial charge is 0.354 e. The average molecular weight is 310 g/mol. The lowest BCUT2D eigenvalue weighted by Crippen LogP contribution is -1.97. The number of nitrogens with zero attached hydrogens (tertiary/aromatic N) is 1. The van der Waals surface area contributed by atoms with Crippen LogP contribution in [-0.4, -0.2) is 4.57 Å². The van der Waals surface area contributed by atoms with Crippen LogP contribution in [0.1, 0.15) is 0 Å². The quantitative estimate of drug-likeness (QED) is 0.497. The smallest absolute Gasteiger partial charge is 0.0765 e. The van der Waals surface area contributed by atoms with Crippen molar-refractivity contribution in [3.8, 4) is 16.9 Å².